The zero-order valence-corrected chi connectivity index (χ0v) is 8.15. The maximum absolute atomic E-state index is 9.88. The van der Waals surface area contributed by atoms with E-state index in [1.165, 1.54) is 6.42 Å². The van der Waals surface area contributed by atoms with E-state index in [-0.39, 0.29) is 0 Å². The molecule has 0 heterocycles. The Labute approximate surface area is 76.3 Å². The van der Waals surface area contributed by atoms with Gasteiger partial charge in [0, 0.05) is 22.4 Å². The highest BCUT2D eigenvalue weighted by atomic mass is 79.9. The summed E-state index contributed by atoms with van der Waals surface area (Å²) in [6.45, 7) is 0. The molecule has 0 amide bonds. The molecule has 0 radical (unpaired) electrons. The Bertz CT molecular complexity index is 172. The molecule has 1 nitrogen and oxygen atoms in total. The van der Waals surface area contributed by atoms with Gasteiger partial charge in [-0.25, -0.2) is 0 Å². The van der Waals surface area contributed by atoms with Crippen molar-refractivity contribution in [2.24, 2.45) is 0 Å². The SMILES string of the molecule is OC1(CC#CBr)CCCCC1. The fourth-order valence-corrected chi connectivity index (χ4v) is 1.72. The van der Waals surface area contributed by atoms with E-state index in [0.29, 0.717) is 6.42 Å². The van der Waals surface area contributed by atoms with Crippen molar-refractivity contribution >= 4 is 15.9 Å². The quantitative estimate of drug-likeness (QED) is 0.669. The first-order chi connectivity index (χ1) is 5.27. The Morgan fingerprint density at radius 3 is 2.45 bits per heavy atom. The Kier molecular flexibility index (Phi) is 3.42. The van der Waals surface area contributed by atoms with E-state index in [4.69, 9.17) is 0 Å². The summed E-state index contributed by atoms with van der Waals surface area (Å²) in [5, 5.41) is 9.88. The molecule has 11 heavy (non-hydrogen) atoms. The van der Waals surface area contributed by atoms with Gasteiger partial charge in [-0.1, -0.05) is 25.2 Å². The van der Waals surface area contributed by atoms with Crippen molar-refractivity contribution in [2.75, 3.05) is 0 Å². The summed E-state index contributed by atoms with van der Waals surface area (Å²) >= 11 is 3.03. The van der Waals surface area contributed by atoms with Gasteiger partial charge in [0.05, 0.1) is 5.60 Å². The predicted octanol–water partition coefficient (Wildman–Crippen LogP) is 2.43. The van der Waals surface area contributed by atoms with Crippen molar-refractivity contribution in [3.05, 3.63) is 0 Å². The first-order valence-corrected chi connectivity index (χ1v) is 4.87. The van der Waals surface area contributed by atoms with Crippen molar-refractivity contribution in [3.63, 3.8) is 0 Å². The maximum Gasteiger partial charge on any atom is 0.0756 e. The Balaban J connectivity index is 2.41. The van der Waals surface area contributed by atoms with Crippen LogP contribution < -0.4 is 0 Å². The van der Waals surface area contributed by atoms with Crippen molar-refractivity contribution in [1.82, 2.24) is 0 Å². The molecule has 1 rings (SSSR count). The maximum atomic E-state index is 9.88. The van der Waals surface area contributed by atoms with Gasteiger partial charge in [0.15, 0.2) is 0 Å². The lowest BCUT2D eigenvalue weighted by atomic mass is 9.83. The summed E-state index contributed by atoms with van der Waals surface area (Å²) in [7, 11) is 0. The van der Waals surface area contributed by atoms with Crippen LogP contribution >= 0.6 is 15.9 Å². The number of halogens is 1. The third-order valence-corrected chi connectivity index (χ3v) is 2.55. The second kappa shape index (κ2) is 4.13. The van der Waals surface area contributed by atoms with Gasteiger partial charge in [-0.3, -0.25) is 0 Å². The summed E-state index contributed by atoms with van der Waals surface area (Å²) in [5.74, 6) is 2.88. The van der Waals surface area contributed by atoms with Gasteiger partial charge in [0.1, 0.15) is 0 Å². The number of aliphatic hydroxyl groups is 1. The average molecular weight is 217 g/mol. The van der Waals surface area contributed by atoms with E-state index < -0.39 is 5.60 Å². The van der Waals surface area contributed by atoms with Crippen LogP contribution in [0.1, 0.15) is 38.5 Å². The minimum atomic E-state index is -0.473. The molecular formula is C9H13BrO. The summed E-state index contributed by atoms with van der Waals surface area (Å²) in [6.07, 6.45) is 6.05. The lowest BCUT2D eigenvalue weighted by molar-refractivity contribution is 0.00897. The molecule has 0 bridgehead atoms. The van der Waals surface area contributed by atoms with Gasteiger partial charge >= 0.3 is 0 Å². The van der Waals surface area contributed by atoms with Gasteiger partial charge in [-0.2, -0.15) is 0 Å². The van der Waals surface area contributed by atoms with Gasteiger partial charge in [-0.05, 0) is 17.7 Å². The molecule has 0 aliphatic heterocycles. The van der Waals surface area contributed by atoms with E-state index >= 15 is 0 Å². The van der Waals surface area contributed by atoms with E-state index in [1.54, 1.807) is 0 Å². The molecule has 0 spiro atoms. The van der Waals surface area contributed by atoms with Crippen LogP contribution in [0.5, 0.6) is 0 Å². The fourth-order valence-electron chi connectivity index (χ4n) is 1.58. The van der Waals surface area contributed by atoms with Gasteiger partial charge in [0.2, 0.25) is 0 Å². The van der Waals surface area contributed by atoms with Gasteiger partial charge in [-0.15, -0.1) is 0 Å². The van der Waals surface area contributed by atoms with Crippen molar-refractivity contribution in [3.8, 4) is 10.8 Å². The zero-order valence-electron chi connectivity index (χ0n) is 6.57. The molecule has 0 aromatic rings. The van der Waals surface area contributed by atoms with Crippen LogP contribution in [0.3, 0.4) is 0 Å². The molecule has 0 unspecified atom stereocenters. The third kappa shape index (κ3) is 2.84. The van der Waals surface area contributed by atoms with Crippen molar-refractivity contribution in [1.29, 1.82) is 0 Å². The van der Waals surface area contributed by atoms with Crippen molar-refractivity contribution < 1.29 is 5.11 Å². The Morgan fingerprint density at radius 2 is 1.91 bits per heavy atom. The average Bonchev–Trinajstić information content (AvgIpc) is 2.03. The van der Waals surface area contributed by atoms with Crippen LogP contribution in [0.25, 0.3) is 0 Å². The summed E-state index contributed by atoms with van der Waals surface area (Å²) < 4.78 is 0. The molecule has 1 aliphatic carbocycles. The van der Waals surface area contributed by atoms with Crippen LogP contribution in [0, 0.1) is 10.8 Å². The highest BCUT2D eigenvalue weighted by Crippen LogP contribution is 2.30. The standard InChI is InChI=1S/C9H13BrO/c10-8-4-7-9(11)5-2-1-3-6-9/h11H,1-3,5-7H2. The normalized spacial score (nSPS) is 22.0. The molecule has 0 aromatic heterocycles. The first-order valence-electron chi connectivity index (χ1n) is 4.08. The van der Waals surface area contributed by atoms with Crippen molar-refractivity contribution in [2.45, 2.75) is 44.1 Å². The monoisotopic (exact) mass is 216 g/mol. The fraction of sp³-hybridized carbons (Fsp3) is 0.778. The highest BCUT2D eigenvalue weighted by Gasteiger charge is 2.27. The van der Waals surface area contributed by atoms with Crippen LogP contribution in [0.4, 0.5) is 0 Å². The smallest absolute Gasteiger partial charge is 0.0756 e. The number of rotatable bonds is 1. The topological polar surface area (TPSA) is 20.2 Å². The van der Waals surface area contributed by atoms with Crippen LogP contribution in [-0.2, 0) is 0 Å². The number of hydrogen-bond acceptors (Lipinski definition) is 1. The van der Waals surface area contributed by atoms with E-state index in [0.717, 1.165) is 25.7 Å². The molecule has 1 fully saturated rings. The van der Waals surface area contributed by atoms with Gasteiger partial charge < -0.3 is 5.11 Å². The lowest BCUT2D eigenvalue weighted by Crippen LogP contribution is -2.30. The largest absolute Gasteiger partial charge is 0.389 e. The van der Waals surface area contributed by atoms with E-state index in [9.17, 15) is 5.11 Å². The van der Waals surface area contributed by atoms with E-state index in [2.05, 4.69) is 26.7 Å². The molecule has 0 aromatic carbocycles. The minimum Gasteiger partial charge on any atom is -0.389 e. The summed E-state index contributed by atoms with van der Waals surface area (Å²) in [5.41, 5.74) is -0.473. The molecule has 0 saturated heterocycles. The molecule has 1 N–H and O–H groups in total. The van der Waals surface area contributed by atoms with Gasteiger partial charge in [0.25, 0.3) is 0 Å². The molecule has 1 aliphatic rings. The van der Waals surface area contributed by atoms with Crippen LogP contribution in [0.15, 0.2) is 0 Å². The molecular weight excluding hydrogens is 204 g/mol. The third-order valence-electron chi connectivity index (χ3n) is 2.27. The first kappa shape index (κ1) is 9.09. The Hall–Kier alpha value is 0. The lowest BCUT2D eigenvalue weighted by Gasteiger charge is -2.29. The molecule has 1 saturated carbocycles. The predicted molar refractivity (Wildman–Crippen MR) is 49.4 cm³/mol. The Morgan fingerprint density at radius 1 is 1.27 bits per heavy atom. The van der Waals surface area contributed by atoms with E-state index in [1.807, 2.05) is 0 Å². The number of hydrogen-bond donors (Lipinski definition) is 1. The van der Waals surface area contributed by atoms with Crippen LogP contribution in [0.2, 0.25) is 0 Å². The second-order valence-electron chi connectivity index (χ2n) is 3.23. The second-order valence-corrected chi connectivity index (χ2v) is 3.63. The summed E-state index contributed by atoms with van der Waals surface area (Å²) in [4.78, 5) is 2.64. The minimum absolute atomic E-state index is 0.473. The zero-order chi connectivity index (χ0) is 8.16. The molecule has 2 heteroatoms. The van der Waals surface area contributed by atoms with Crippen LogP contribution in [-0.4, -0.2) is 10.7 Å². The molecule has 62 valence electrons. The summed E-state index contributed by atoms with van der Waals surface area (Å²) in [6, 6.07) is 0. The molecule has 0 atom stereocenters. The highest BCUT2D eigenvalue weighted by molar-refractivity contribution is 9.12.